The third-order valence-electron chi connectivity index (χ3n) is 4.48. The largest absolute Gasteiger partial charge is 0.488 e. The zero-order chi connectivity index (χ0) is 19.5. The van der Waals surface area contributed by atoms with E-state index in [0.717, 1.165) is 29.7 Å². The number of anilines is 1. The van der Waals surface area contributed by atoms with E-state index in [1.165, 1.54) is 6.08 Å². The number of carbonyl (C=O) groups excluding carboxylic acids is 2. The third kappa shape index (κ3) is 4.61. The summed E-state index contributed by atoms with van der Waals surface area (Å²) in [7, 11) is 0. The molecule has 1 saturated carbocycles. The van der Waals surface area contributed by atoms with Gasteiger partial charge in [0.05, 0.1) is 0 Å². The summed E-state index contributed by atoms with van der Waals surface area (Å²) in [4.78, 5) is 24.1. The molecule has 2 N–H and O–H groups in total. The molecular weight excluding hydrogens is 376 g/mol. The lowest BCUT2D eigenvalue weighted by Crippen LogP contribution is -2.25. The first kappa shape index (κ1) is 18.3. The topological polar surface area (TPSA) is 67.4 Å². The number of benzene rings is 2. The van der Waals surface area contributed by atoms with Crippen molar-refractivity contribution >= 4 is 35.2 Å². The molecule has 1 heterocycles. The van der Waals surface area contributed by atoms with Gasteiger partial charge >= 0.3 is 0 Å². The molecule has 1 aliphatic heterocycles. The monoisotopic (exact) mass is 394 g/mol. The van der Waals surface area contributed by atoms with Crippen LogP contribution < -0.4 is 15.4 Å². The molecule has 0 spiro atoms. The Labute approximate surface area is 168 Å². The Morgan fingerprint density at radius 2 is 1.89 bits per heavy atom. The second-order valence-electron chi connectivity index (χ2n) is 6.84. The van der Waals surface area contributed by atoms with Crippen LogP contribution in [-0.2, 0) is 4.79 Å². The molecule has 1 aliphatic carbocycles. The summed E-state index contributed by atoms with van der Waals surface area (Å²) in [6, 6.07) is 12.6. The molecule has 28 heavy (non-hydrogen) atoms. The first-order valence-electron chi connectivity index (χ1n) is 9.10. The van der Waals surface area contributed by atoms with Crippen molar-refractivity contribution < 1.29 is 14.3 Å². The minimum absolute atomic E-state index is 0.0788. The van der Waals surface area contributed by atoms with E-state index in [-0.39, 0.29) is 11.8 Å². The molecular formula is C22H19ClN2O3. The number of ether oxygens (including phenoxy) is 1. The van der Waals surface area contributed by atoms with Gasteiger partial charge in [-0.1, -0.05) is 17.7 Å². The first-order valence-corrected chi connectivity index (χ1v) is 9.47. The fourth-order valence-electron chi connectivity index (χ4n) is 2.83. The van der Waals surface area contributed by atoms with Crippen LogP contribution in [0.15, 0.2) is 60.2 Å². The lowest BCUT2D eigenvalue weighted by molar-refractivity contribution is -0.111. The zero-order valence-corrected chi connectivity index (χ0v) is 15.8. The van der Waals surface area contributed by atoms with Crippen LogP contribution in [0.4, 0.5) is 5.69 Å². The van der Waals surface area contributed by atoms with Gasteiger partial charge in [-0.25, -0.2) is 0 Å². The van der Waals surface area contributed by atoms with E-state index >= 15 is 0 Å². The lowest BCUT2D eigenvalue weighted by atomic mass is 10.1. The van der Waals surface area contributed by atoms with Crippen molar-refractivity contribution in [3.05, 3.63) is 76.3 Å². The molecule has 1 fully saturated rings. The van der Waals surface area contributed by atoms with E-state index in [1.54, 1.807) is 36.4 Å². The number of hydrogen-bond acceptors (Lipinski definition) is 3. The lowest BCUT2D eigenvalue weighted by Gasteiger charge is -2.16. The second kappa shape index (κ2) is 7.90. The van der Waals surface area contributed by atoms with Gasteiger partial charge in [-0.05, 0) is 67.0 Å². The summed E-state index contributed by atoms with van der Waals surface area (Å²) in [5, 5.41) is 6.35. The number of nitrogens with one attached hydrogen (secondary N) is 2. The molecule has 6 heteroatoms. The fourth-order valence-corrected chi connectivity index (χ4v) is 3.01. The van der Waals surface area contributed by atoms with E-state index in [1.807, 2.05) is 18.2 Å². The van der Waals surface area contributed by atoms with Gasteiger partial charge in [0.1, 0.15) is 12.4 Å². The molecule has 4 rings (SSSR count). The highest BCUT2D eigenvalue weighted by Gasteiger charge is 2.23. The predicted molar refractivity (Wildman–Crippen MR) is 110 cm³/mol. The Morgan fingerprint density at radius 3 is 2.64 bits per heavy atom. The molecule has 0 radical (unpaired) electrons. The number of amides is 2. The van der Waals surface area contributed by atoms with Gasteiger partial charge in [0.2, 0.25) is 5.91 Å². The van der Waals surface area contributed by atoms with Gasteiger partial charge in [0.25, 0.3) is 5.91 Å². The molecule has 0 saturated heterocycles. The van der Waals surface area contributed by atoms with Gasteiger partial charge in [0.15, 0.2) is 0 Å². The summed E-state index contributed by atoms with van der Waals surface area (Å²) >= 11 is 6.01. The van der Waals surface area contributed by atoms with Crippen LogP contribution >= 0.6 is 11.6 Å². The van der Waals surface area contributed by atoms with Gasteiger partial charge in [-0.3, -0.25) is 9.59 Å². The highest BCUT2D eigenvalue weighted by molar-refractivity contribution is 6.30. The average molecular weight is 395 g/mol. The number of carbonyl (C=O) groups is 2. The van der Waals surface area contributed by atoms with Crippen molar-refractivity contribution in [2.45, 2.75) is 18.9 Å². The zero-order valence-electron chi connectivity index (χ0n) is 15.1. The van der Waals surface area contributed by atoms with E-state index in [4.69, 9.17) is 16.3 Å². The molecule has 0 aromatic heterocycles. The van der Waals surface area contributed by atoms with Crippen molar-refractivity contribution in [1.29, 1.82) is 0 Å². The van der Waals surface area contributed by atoms with Crippen LogP contribution in [0, 0.1) is 0 Å². The van der Waals surface area contributed by atoms with Crippen molar-refractivity contribution in [3.8, 4) is 5.75 Å². The standard InChI is InChI=1S/C22H19ClN2O3/c23-17-4-9-20-16(12-17)11-14(13-28-20)1-10-21(26)24-18-5-2-15(3-6-18)22(27)25-19-7-8-19/h1-6,9-12,19H,7-8,13H2,(H,24,26)(H,25,27)/b10-1+. The second-order valence-corrected chi connectivity index (χ2v) is 7.27. The molecule has 2 amide bonds. The Kier molecular flexibility index (Phi) is 5.17. The van der Waals surface area contributed by atoms with E-state index in [9.17, 15) is 9.59 Å². The molecule has 2 aliphatic rings. The van der Waals surface area contributed by atoms with Crippen molar-refractivity contribution in [2.24, 2.45) is 0 Å². The van der Waals surface area contributed by atoms with Gasteiger partial charge in [-0.2, -0.15) is 0 Å². The molecule has 5 nitrogen and oxygen atoms in total. The first-order chi connectivity index (χ1) is 13.6. The van der Waals surface area contributed by atoms with Gasteiger partial charge in [0, 0.05) is 34.0 Å². The SMILES string of the molecule is O=C(/C=C/C1=Cc2cc(Cl)ccc2OC1)Nc1ccc(C(=O)NC2CC2)cc1. The highest BCUT2D eigenvalue weighted by atomic mass is 35.5. The van der Waals surface area contributed by atoms with E-state index < -0.39 is 0 Å². The third-order valence-corrected chi connectivity index (χ3v) is 4.72. The summed E-state index contributed by atoms with van der Waals surface area (Å²) in [6.07, 6.45) is 7.22. The van der Waals surface area contributed by atoms with Gasteiger partial charge in [-0.15, -0.1) is 0 Å². The Bertz CT molecular complexity index is 976. The maximum Gasteiger partial charge on any atom is 0.251 e. The van der Waals surface area contributed by atoms with Gasteiger partial charge < -0.3 is 15.4 Å². The van der Waals surface area contributed by atoms with Crippen molar-refractivity contribution in [2.75, 3.05) is 11.9 Å². The molecule has 2 aromatic carbocycles. The van der Waals surface area contributed by atoms with Crippen LogP contribution in [0.2, 0.25) is 5.02 Å². The minimum Gasteiger partial charge on any atom is -0.488 e. The normalized spacial score (nSPS) is 15.4. The fraction of sp³-hybridized carbons (Fsp3) is 0.182. The molecule has 0 bridgehead atoms. The highest BCUT2D eigenvalue weighted by Crippen LogP contribution is 2.29. The Morgan fingerprint density at radius 1 is 1.11 bits per heavy atom. The molecule has 142 valence electrons. The number of fused-ring (bicyclic) bond motifs is 1. The summed E-state index contributed by atoms with van der Waals surface area (Å²) in [5.74, 6) is 0.440. The summed E-state index contributed by atoms with van der Waals surface area (Å²) in [6.45, 7) is 0.392. The van der Waals surface area contributed by atoms with Crippen LogP contribution in [-0.4, -0.2) is 24.5 Å². The molecule has 0 unspecified atom stereocenters. The number of rotatable bonds is 5. The average Bonchev–Trinajstić information content (AvgIpc) is 3.50. The molecule has 0 atom stereocenters. The Hall–Kier alpha value is -3.05. The van der Waals surface area contributed by atoms with Crippen LogP contribution in [0.5, 0.6) is 5.75 Å². The summed E-state index contributed by atoms with van der Waals surface area (Å²) in [5.41, 5.74) is 2.97. The quantitative estimate of drug-likeness (QED) is 0.747. The number of hydrogen-bond donors (Lipinski definition) is 2. The Balaban J connectivity index is 1.35. The predicted octanol–water partition coefficient (Wildman–Crippen LogP) is 4.20. The summed E-state index contributed by atoms with van der Waals surface area (Å²) < 4.78 is 5.66. The minimum atomic E-state index is -0.257. The van der Waals surface area contributed by atoms with Crippen LogP contribution in [0.3, 0.4) is 0 Å². The van der Waals surface area contributed by atoms with Crippen LogP contribution in [0.1, 0.15) is 28.8 Å². The maximum atomic E-state index is 12.2. The van der Waals surface area contributed by atoms with Crippen molar-refractivity contribution in [1.82, 2.24) is 5.32 Å². The van der Waals surface area contributed by atoms with E-state index in [0.29, 0.717) is 28.9 Å². The van der Waals surface area contributed by atoms with Crippen molar-refractivity contribution in [3.63, 3.8) is 0 Å². The smallest absolute Gasteiger partial charge is 0.251 e. The van der Waals surface area contributed by atoms with Crippen LogP contribution in [0.25, 0.3) is 6.08 Å². The molecule has 2 aromatic rings. The maximum absolute atomic E-state index is 12.2. The van der Waals surface area contributed by atoms with E-state index in [2.05, 4.69) is 10.6 Å². The number of halogens is 1.